The quantitative estimate of drug-likeness (QED) is 0.440. The lowest BCUT2D eigenvalue weighted by molar-refractivity contribution is 0.346. The van der Waals surface area contributed by atoms with E-state index in [0.29, 0.717) is 23.2 Å². The summed E-state index contributed by atoms with van der Waals surface area (Å²) in [6.45, 7) is 2.25. The number of hydrogen-bond acceptors (Lipinski definition) is 8. The summed E-state index contributed by atoms with van der Waals surface area (Å²) in [6, 6.07) is 8.09. The zero-order valence-electron chi connectivity index (χ0n) is 17.8. The minimum atomic E-state index is -0.0532. The van der Waals surface area contributed by atoms with Gasteiger partial charge in [-0.2, -0.15) is 0 Å². The lowest BCUT2D eigenvalue weighted by atomic mass is 9.87. The van der Waals surface area contributed by atoms with Gasteiger partial charge in [-0.05, 0) is 67.9 Å². The number of nitrogen functional groups attached to an aromatic ring is 1. The molecule has 0 spiro atoms. The molecule has 4 N–H and O–H groups in total. The number of nitrogens with zero attached hydrogens (tertiary/aromatic N) is 6. The number of anilines is 3. The van der Waals surface area contributed by atoms with E-state index in [2.05, 4.69) is 55.0 Å². The number of rotatable bonds is 6. The molecule has 1 fully saturated rings. The highest BCUT2D eigenvalue weighted by Gasteiger charge is 2.41. The van der Waals surface area contributed by atoms with Gasteiger partial charge in [0.25, 0.3) is 0 Å². The summed E-state index contributed by atoms with van der Waals surface area (Å²) in [4.78, 5) is 13.5. The van der Waals surface area contributed by atoms with Crippen LogP contribution >= 0.6 is 0 Å². The van der Waals surface area contributed by atoms with Crippen molar-refractivity contribution in [2.75, 3.05) is 18.1 Å². The van der Waals surface area contributed by atoms with Crippen LogP contribution in [0.1, 0.15) is 25.3 Å². The highest BCUT2D eigenvalue weighted by Crippen LogP contribution is 2.45. The van der Waals surface area contributed by atoms with Gasteiger partial charge in [-0.15, -0.1) is 5.10 Å². The van der Waals surface area contributed by atoms with Gasteiger partial charge in [0.15, 0.2) is 0 Å². The molecule has 1 aliphatic carbocycles. The van der Waals surface area contributed by atoms with E-state index >= 15 is 0 Å². The van der Waals surface area contributed by atoms with E-state index in [1.807, 2.05) is 32.4 Å². The molecule has 4 aromatic heterocycles. The van der Waals surface area contributed by atoms with E-state index in [4.69, 9.17) is 5.73 Å². The first-order valence-corrected chi connectivity index (χ1v) is 10.3. The molecule has 1 aliphatic rings. The van der Waals surface area contributed by atoms with Crippen LogP contribution in [0.3, 0.4) is 0 Å². The van der Waals surface area contributed by atoms with Gasteiger partial charge in [-0.3, -0.25) is 0 Å². The molecule has 9 heteroatoms. The fourth-order valence-corrected chi connectivity index (χ4v) is 4.09. The Bertz CT molecular complexity index is 1260. The number of nitrogens with one attached hydrogen (secondary N) is 2. The SMILES string of the molecule is CN[C@](C)(c1ccnc(Nc2cc3cc(-c4cnnn4C)nc(N)c3cn2)c1)C1CC1. The molecule has 1 saturated carbocycles. The van der Waals surface area contributed by atoms with Crippen LogP contribution in [0.15, 0.2) is 42.9 Å². The summed E-state index contributed by atoms with van der Waals surface area (Å²) in [6.07, 6.45) is 7.74. The van der Waals surface area contributed by atoms with Crippen LogP contribution in [-0.4, -0.2) is 37.0 Å². The molecule has 0 saturated heterocycles. The van der Waals surface area contributed by atoms with Crippen LogP contribution in [-0.2, 0) is 12.6 Å². The summed E-state index contributed by atoms with van der Waals surface area (Å²) in [5, 5.41) is 16.5. The molecular formula is C22H25N9. The Morgan fingerprint density at radius 1 is 1.13 bits per heavy atom. The highest BCUT2D eigenvalue weighted by molar-refractivity contribution is 5.94. The topological polar surface area (TPSA) is 119 Å². The molecule has 31 heavy (non-hydrogen) atoms. The standard InChI is InChI=1S/C22H25N9/c1-22(24-2,14-4-5-14)15-6-7-25-20(10-15)29-19-9-13-8-17(18-12-27-30-31(18)3)28-21(23)16(13)11-26-19/h6-12,14,24H,4-5H2,1-3H3,(H2,23,28)(H,25,26,29)/t22-/m0/s1. The second kappa shape index (κ2) is 7.28. The van der Waals surface area contributed by atoms with Gasteiger partial charge in [0.1, 0.15) is 23.1 Å². The summed E-state index contributed by atoms with van der Waals surface area (Å²) in [5.74, 6) is 2.52. The number of aromatic nitrogens is 6. The van der Waals surface area contributed by atoms with Gasteiger partial charge in [-0.1, -0.05) is 5.21 Å². The van der Waals surface area contributed by atoms with Crippen molar-refractivity contribution in [3.05, 3.63) is 48.4 Å². The van der Waals surface area contributed by atoms with Crippen LogP contribution < -0.4 is 16.4 Å². The third kappa shape index (κ3) is 3.46. The predicted molar refractivity (Wildman–Crippen MR) is 121 cm³/mol. The molecule has 158 valence electrons. The first kappa shape index (κ1) is 19.4. The molecule has 9 nitrogen and oxygen atoms in total. The molecule has 4 aromatic rings. The summed E-state index contributed by atoms with van der Waals surface area (Å²) >= 11 is 0. The maximum absolute atomic E-state index is 6.19. The van der Waals surface area contributed by atoms with Crippen molar-refractivity contribution in [1.29, 1.82) is 0 Å². The molecule has 0 radical (unpaired) electrons. The predicted octanol–water partition coefficient (Wildman–Crippen LogP) is 2.99. The lowest BCUT2D eigenvalue weighted by Gasteiger charge is -2.30. The van der Waals surface area contributed by atoms with E-state index in [1.54, 1.807) is 17.1 Å². The Kier molecular flexibility index (Phi) is 4.55. The second-order valence-electron chi connectivity index (χ2n) is 8.21. The number of nitrogens with two attached hydrogens (primary N) is 1. The Hall–Kier alpha value is -3.59. The van der Waals surface area contributed by atoms with Gasteiger partial charge in [-0.25, -0.2) is 19.6 Å². The monoisotopic (exact) mass is 415 g/mol. The van der Waals surface area contributed by atoms with E-state index in [9.17, 15) is 0 Å². The second-order valence-corrected chi connectivity index (χ2v) is 8.21. The largest absolute Gasteiger partial charge is 0.383 e. The van der Waals surface area contributed by atoms with Crippen molar-refractivity contribution in [1.82, 2.24) is 35.3 Å². The van der Waals surface area contributed by atoms with Crippen LogP contribution in [0.2, 0.25) is 0 Å². The molecule has 0 aliphatic heterocycles. The Labute approximate surface area is 180 Å². The van der Waals surface area contributed by atoms with Gasteiger partial charge >= 0.3 is 0 Å². The molecule has 4 heterocycles. The molecule has 0 bridgehead atoms. The molecule has 1 atom stereocenters. The van der Waals surface area contributed by atoms with E-state index in [1.165, 1.54) is 18.4 Å². The highest BCUT2D eigenvalue weighted by atomic mass is 15.4. The summed E-state index contributed by atoms with van der Waals surface area (Å²) < 4.78 is 1.67. The Morgan fingerprint density at radius 2 is 1.94 bits per heavy atom. The van der Waals surface area contributed by atoms with Crippen LogP contribution in [0.25, 0.3) is 22.2 Å². The lowest BCUT2D eigenvalue weighted by Crippen LogP contribution is -2.39. The number of aryl methyl sites for hydroxylation is 1. The minimum Gasteiger partial charge on any atom is -0.383 e. The maximum Gasteiger partial charge on any atom is 0.133 e. The zero-order valence-corrected chi connectivity index (χ0v) is 17.8. The minimum absolute atomic E-state index is 0.0532. The fraction of sp³-hybridized carbons (Fsp3) is 0.318. The van der Waals surface area contributed by atoms with E-state index < -0.39 is 0 Å². The van der Waals surface area contributed by atoms with E-state index in [0.717, 1.165) is 22.3 Å². The van der Waals surface area contributed by atoms with Gasteiger partial charge in [0.2, 0.25) is 0 Å². The van der Waals surface area contributed by atoms with Crippen molar-refractivity contribution in [3.8, 4) is 11.4 Å². The molecule has 0 aromatic carbocycles. The first-order chi connectivity index (χ1) is 15.0. The Balaban J connectivity index is 1.49. The summed E-state index contributed by atoms with van der Waals surface area (Å²) in [5.41, 5.74) is 8.86. The average Bonchev–Trinajstić information content (AvgIpc) is 3.54. The smallest absolute Gasteiger partial charge is 0.133 e. The summed E-state index contributed by atoms with van der Waals surface area (Å²) in [7, 11) is 3.84. The van der Waals surface area contributed by atoms with Gasteiger partial charge in [0.05, 0.1) is 11.9 Å². The third-order valence-corrected chi connectivity index (χ3v) is 6.25. The van der Waals surface area contributed by atoms with Crippen LogP contribution in [0.5, 0.6) is 0 Å². The van der Waals surface area contributed by atoms with E-state index in [-0.39, 0.29) is 5.54 Å². The van der Waals surface area contributed by atoms with Crippen molar-refractivity contribution in [3.63, 3.8) is 0 Å². The fourth-order valence-electron chi connectivity index (χ4n) is 4.09. The molecule has 0 amide bonds. The first-order valence-electron chi connectivity index (χ1n) is 10.3. The van der Waals surface area contributed by atoms with Gasteiger partial charge in [0, 0.05) is 30.4 Å². The normalized spacial score (nSPS) is 15.7. The Morgan fingerprint density at radius 3 is 2.65 bits per heavy atom. The molecule has 0 unspecified atom stereocenters. The van der Waals surface area contributed by atoms with Crippen molar-refractivity contribution >= 4 is 28.2 Å². The van der Waals surface area contributed by atoms with Crippen LogP contribution in [0.4, 0.5) is 17.5 Å². The van der Waals surface area contributed by atoms with Crippen LogP contribution in [0, 0.1) is 5.92 Å². The molecule has 5 rings (SSSR count). The number of hydrogen-bond donors (Lipinski definition) is 3. The number of pyridine rings is 3. The van der Waals surface area contributed by atoms with Gasteiger partial charge < -0.3 is 16.4 Å². The third-order valence-electron chi connectivity index (χ3n) is 6.25. The number of fused-ring (bicyclic) bond motifs is 1. The maximum atomic E-state index is 6.19. The van der Waals surface area contributed by atoms with Crippen molar-refractivity contribution in [2.45, 2.75) is 25.3 Å². The average molecular weight is 416 g/mol. The zero-order chi connectivity index (χ0) is 21.6. The van der Waals surface area contributed by atoms with Crippen molar-refractivity contribution in [2.24, 2.45) is 13.0 Å². The molecular weight excluding hydrogens is 390 g/mol. The van der Waals surface area contributed by atoms with Crippen molar-refractivity contribution < 1.29 is 0 Å².